The van der Waals surface area contributed by atoms with Gasteiger partial charge in [0.15, 0.2) is 0 Å². The Balaban J connectivity index is 1.52. The van der Waals surface area contributed by atoms with Crippen molar-refractivity contribution in [2.24, 2.45) is 13.0 Å². The lowest BCUT2D eigenvalue weighted by Gasteiger charge is -2.34. The highest BCUT2D eigenvalue weighted by Gasteiger charge is 2.28. The Bertz CT molecular complexity index is 1680. The number of piperidine rings is 1. The Morgan fingerprint density at radius 2 is 1.88 bits per heavy atom. The molecule has 206 valence electrons. The largest absolute Gasteiger partial charge is 0.464 e. The van der Waals surface area contributed by atoms with Crippen LogP contribution in [0.5, 0.6) is 0 Å². The summed E-state index contributed by atoms with van der Waals surface area (Å²) in [6.07, 6.45) is 3.42. The van der Waals surface area contributed by atoms with E-state index in [0.717, 1.165) is 18.2 Å². The summed E-state index contributed by atoms with van der Waals surface area (Å²) in [7, 11) is 1.68. The van der Waals surface area contributed by atoms with Gasteiger partial charge in [-0.25, -0.2) is 9.37 Å². The minimum absolute atomic E-state index is 0.0822. The average Bonchev–Trinajstić information content (AvgIpc) is 3.37. The number of carbonyl (C=O) groups is 1. The first kappa shape index (κ1) is 27.1. The van der Waals surface area contributed by atoms with E-state index < -0.39 is 11.4 Å². The summed E-state index contributed by atoms with van der Waals surface area (Å²) < 4.78 is 27.2. The van der Waals surface area contributed by atoms with E-state index in [0.29, 0.717) is 53.4 Å². The highest BCUT2D eigenvalue weighted by molar-refractivity contribution is 5.88. The lowest BCUT2D eigenvalue weighted by molar-refractivity contribution is -0.156. The van der Waals surface area contributed by atoms with Crippen LogP contribution in [0, 0.1) is 23.1 Å². The molecule has 2 aromatic carbocycles. The number of esters is 1. The van der Waals surface area contributed by atoms with Gasteiger partial charge in [-0.15, -0.1) is 0 Å². The highest BCUT2D eigenvalue weighted by Crippen LogP contribution is 2.33. The molecule has 9 heteroatoms. The molecule has 0 saturated carbocycles. The van der Waals surface area contributed by atoms with E-state index in [1.165, 1.54) is 16.7 Å². The monoisotopic (exact) mass is 542 g/mol. The number of halogens is 1. The van der Waals surface area contributed by atoms with Crippen molar-refractivity contribution in [2.45, 2.75) is 45.6 Å². The van der Waals surface area contributed by atoms with Crippen LogP contribution in [0.1, 0.15) is 45.6 Å². The molecule has 3 heterocycles. The molecule has 0 N–H and O–H groups in total. The zero-order valence-corrected chi connectivity index (χ0v) is 23.0. The molecule has 0 unspecified atom stereocenters. The number of nitriles is 1. The Kier molecular flexibility index (Phi) is 7.19. The number of aromatic nitrogens is 2. The maximum absolute atomic E-state index is 14.7. The van der Waals surface area contributed by atoms with Crippen LogP contribution in [0.25, 0.3) is 33.4 Å². The molecule has 4 aromatic rings. The SMILES string of the molecule is Cn1c(N2CCC(CC(=O)OC(C)(C)C)CC2)nc(-c2ccc(C#N)c(F)c2)c(-c2ccc3occc3c2)c1=O. The van der Waals surface area contributed by atoms with Gasteiger partial charge in [0, 0.05) is 37.5 Å². The van der Waals surface area contributed by atoms with E-state index in [2.05, 4.69) is 0 Å². The quantitative estimate of drug-likeness (QED) is 0.293. The second-order valence-electron chi connectivity index (χ2n) is 11.2. The van der Waals surface area contributed by atoms with Gasteiger partial charge in [-0.05, 0) is 75.4 Å². The van der Waals surface area contributed by atoms with Gasteiger partial charge >= 0.3 is 5.97 Å². The van der Waals surface area contributed by atoms with Crippen molar-refractivity contribution in [2.75, 3.05) is 18.0 Å². The number of benzene rings is 2. The van der Waals surface area contributed by atoms with Crippen LogP contribution in [0.4, 0.5) is 10.3 Å². The summed E-state index contributed by atoms with van der Waals surface area (Å²) in [4.78, 5) is 33.2. The summed E-state index contributed by atoms with van der Waals surface area (Å²) in [5.41, 5.74) is 1.50. The van der Waals surface area contributed by atoms with Crippen LogP contribution in [-0.2, 0) is 16.6 Å². The van der Waals surface area contributed by atoms with Gasteiger partial charge in [0.25, 0.3) is 5.56 Å². The van der Waals surface area contributed by atoms with E-state index in [-0.39, 0.29) is 23.0 Å². The van der Waals surface area contributed by atoms with E-state index >= 15 is 0 Å². The molecular weight excluding hydrogens is 511 g/mol. The van der Waals surface area contributed by atoms with Crippen molar-refractivity contribution in [3.05, 3.63) is 70.5 Å². The third kappa shape index (κ3) is 5.48. The number of ether oxygens (including phenoxy) is 1. The van der Waals surface area contributed by atoms with Crippen molar-refractivity contribution in [3.63, 3.8) is 0 Å². The number of anilines is 1. The zero-order chi connectivity index (χ0) is 28.6. The minimum Gasteiger partial charge on any atom is -0.464 e. The molecule has 0 aliphatic carbocycles. The van der Waals surface area contributed by atoms with E-state index in [1.54, 1.807) is 31.5 Å². The van der Waals surface area contributed by atoms with Crippen LogP contribution in [0.15, 0.2) is 57.9 Å². The fourth-order valence-corrected chi connectivity index (χ4v) is 5.17. The maximum atomic E-state index is 14.7. The summed E-state index contributed by atoms with van der Waals surface area (Å²) in [6, 6.07) is 13.3. The van der Waals surface area contributed by atoms with Crippen LogP contribution >= 0.6 is 0 Å². The second-order valence-corrected chi connectivity index (χ2v) is 11.2. The molecule has 8 nitrogen and oxygen atoms in total. The Hall–Kier alpha value is -4.45. The Morgan fingerprint density at radius 1 is 1.15 bits per heavy atom. The van der Waals surface area contributed by atoms with Gasteiger partial charge in [0.2, 0.25) is 5.95 Å². The van der Waals surface area contributed by atoms with Gasteiger partial charge < -0.3 is 14.1 Å². The molecule has 0 bridgehead atoms. The van der Waals surface area contributed by atoms with E-state index in [4.69, 9.17) is 14.1 Å². The Labute approximate surface area is 231 Å². The molecule has 1 aliphatic rings. The van der Waals surface area contributed by atoms with E-state index in [1.807, 2.05) is 43.9 Å². The Morgan fingerprint density at radius 3 is 2.55 bits per heavy atom. The minimum atomic E-state index is -0.678. The van der Waals surface area contributed by atoms with Gasteiger partial charge in [-0.2, -0.15) is 5.26 Å². The smallest absolute Gasteiger partial charge is 0.306 e. The van der Waals surface area contributed by atoms with Crippen LogP contribution in [-0.4, -0.2) is 34.2 Å². The summed E-state index contributed by atoms with van der Waals surface area (Å²) in [5, 5.41) is 10.0. The fourth-order valence-electron chi connectivity index (χ4n) is 5.17. The van der Waals surface area contributed by atoms with Crippen LogP contribution in [0.2, 0.25) is 0 Å². The normalized spacial score (nSPS) is 14.3. The molecule has 2 aromatic heterocycles. The molecule has 5 rings (SSSR count). The number of nitrogens with zero attached hydrogens (tertiary/aromatic N) is 4. The predicted molar refractivity (Wildman–Crippen MR) is 150 cm³/mol. The fraction of sp³-hybridized carbons (Fsp3) is 0.355. The molecule has 1 aliphatic heterocycles. The number of hydrogen-bond donors (Lipinski definition) is 0. The first-order valence-corrected chi connectivity index (χ1v) is 13.3. The summed E-state index contributed by atoms with van der Waals surface area (Å²) in [6.45, 7) is 6.78. The molecule has 0 radical (unpaired) electrons. The zero-order valence-electron chi connectivity index (χ0n) is 23.0. The molecular formula is C31H31FN4O4. The molecule has 1 fully saturated rings. The van der Waals surface area contributed by atoms with Gasteiger partial charge in [0.05, 0.1) is 23.1 Å². The highest BCUT2D eigenvalue weighted by atomic mass is 19.1. The first-order valence-electron chi connectivity index (χ1n) is 13.3. The number of fused-ring (bicyclic) bond motifs is 1. The molecule has 40 heavy (non-hydrogen) atoms. The molecule has 1 saturated heterocycles. The summed E-state index contributed by atoms with van der Waals surface area (Å²) in [5.74, 6) is -0.242. The number of carbonyl (C=O) groups excluding carboxylic acids is 1. The third-order valence-corrected chi connectivity index (χ3v) is 7.14. The molecule has 0 amide bonds. The lowest BCUT2D eigenvalue weighted by atomic mass is 9.93. The summed E-state index contributed by atoms with van der Waals surface area (Å²) >= 11 is 0. The standard InChI is InChI=1S/C31H31FN4O4/c1-31(2,3)40-26(37)15-19-9-12-36(13-10-19)30-34-28(22-5-6-23(18-33)24(32)17-22)27(29(38)35(30)4)21-7-8-25-20(16-21)11-14-39-25/h5-8,11,14,16-17,19H,9-10,12-13,15H2,1-4H3. The predicted octanol–water partition coefficient (Wildman–Crippen LogP) is 5.82. The lowest BCUT2D eigenvalue weighted by Crippen LogP contribution is -2.39. The maximum Gasteiger partial charge on any atom is 0.306 e. The average molecular weight is 543 g/mol. The topological polar surface area (TPSA) is 101 Å². The van der Waals surface area contributed by atoms with E-state index in [9.17, 15) is 19.2 Å². The van der Waals surface area contributed by atoms with Crippen LogP contribution < -0.4 is 10.5 Å². The van der Waals surface area contributed by atoms with Crippen molar-refractivity contribution < 1.29 is 18.3 Å². The van der Waals surface area contributed by atoms with Gasteiger partial charge in [0.1, 0.15) is 23.1 Å². The van der Waals surface area contributed by atoms with Crippen LogP contribution in [0.3, 0.4) is 0 Å². The van der Waals surface area contributed by atoms with Gasteiger partial charge in [-0.1, -0.05) is 12.1 Å². The van der Waals surface area contributed by atoms with Crippen molar-refractivity contribution in [3.8, 4) is 28.5 Å². The molecule has 0 spiro atoms. The second kappa shape index (κ2) is 10.6. The van der Waals surface area contributed by atoms with Gasteiger partial charge in [-0.3, -0.25) is 14.2 Å². The van der Waals surface area contributed by atoms with Crippen molar-refractivity contribution in [1.82, 2.24) is 9.55 Å². The first-order chi connectivity index (χ1) is 19.0. The number of rotatable bonds is 5. The van der Waals surface area contributed by atoms with Crippen molar-refractivity contribution >= 4 is 22.9 Å². The van der Waals surface area contributed by atoms with Crippen molar-refractivity contribution in [1.29, 1.82) is 5.26 Å². The molecule has 0 atom stereocenters. The third-order valence-electron chi connectivity index (χ3n) is 7.14. The number of hydrogen-bond acceptors (Lipinski definition) is 7. The number of furan rings is 1.